The van der Waals surface area contributed by atoms with E-state index in [1.165, 1.54) is 6.92 Å². The molecule has 0 aromatic carbocycles. The molecule has 0 fully saturated rings. The van der Waals surface area contributed by atoms with Gasteiger partial charge in [0, 0.05) is 35.8 Å². The van der Waals surface area contributed by atoms with Crippen LogP contribution in [-0.4, -0.2) is 63.8 Å². The maximum atomic E-state index is 13.0. The van der Waals surface area contributed by atoms with Gasteiger partial charge in [-0.2, -0.15) is 0 Å². The fourth-order valence-electron chi connectivity index (χ4n) is 1.79. The summed E-state index contributed by atoms with van der Waals surface area (Å²) in [5.74, 6) is 0.154. The predicted octanol–water partition coefficient (Wildman–Crippen LogP) is 4.45. The lowest BCUT2D eigenvalue weighted by molar-refractivity contribution is -0.162. The molecular formula is C19H36NO7PS2. The molecule has 1 amide bonds. The van der Waals surface area contributed by atoms with Crippen molar-refractivity contribution in [3.8, 4) is 0 Å². The van der Waals surface area contributed by atoms with Gasteiger partial charge in [0.05, 0.1) is 19.4 Å². The molecule has 0 bridgehead atoms. The lowest BCUT2D eigenvalue weighted by atomic mass is 9.99. The molecule has 1 N–H and O–H groups in total. The summed E-state index contributed by atoms with van der Waals surface area (Å²) in [5, 5.41) is 10.0. The van der Waals surface area contributed by atoms with Crippen LogP contribution in [0.15, 0.2) is 0 Å². The monoisotopic (exact) mass is 485 g/mol. The maximum absolute atomic E-state index is 13.0. The lowest BCUT2D eigenvalue weighted by Crippen LogP contribution is -2.26. The highest BCUT2D eigenvalue weighted by Gasteiger charge is 2.27. The highest BCUT2D eigenvalue weighted by atomic mass is 32.2. The van der Waals surface area contributed by atoms with Crippen molar-refractivity contribution in [1.29, 1.82) is 0 Å². The average molecular weight is 486 g/mol. The lowest BCUT2D eigenvalue weighted by Gasteiger charge is -2.21. The number of hydrogen-bond acceptors (Lipinski definition) is 9. The van der Waals surface area contributed by atoms with Gasteiger partial charge < -0.3 is 9.05 Å². The first kappa shape index (κ1) is 29.6. The first-order valence-corrected chi connectivity index (χ1v) is 13.5. The van der Waals surface area contributed by atoms with E-state index in [0.29, 0.717) is 16.6 Å². The third-order valence-corrected chi connectivity index (χ3v) is 8.11. The maximum Gasteiger partial charge on any atom is 0.330 e. The van der Waals surface area contributed by atoms with E-state index in [-0.39, 0.29) is 42.6 Å². The van der Waals surface area contributed by atoms with Gasteiger partial charge in [-0.05, 0) is 6.42 Å². The van der Waals surface area contributed by atoms with Crippen molar-refractivity contribution in [2.24, 2.45) is 10.8 Å². The van der Waals surface area contributed by atoms with Crippen molar-refractivity contribution >= 4 is 47.3 Å². The van der Waals surface area contributed by atoms with Crippen molar-refractivity contribution in [3.05, 3.63) is 0 Å². The molecule has 0 aromatic rings. The molecule has 0 atom stereocenters. The second-order valence-electron chi connectivity index (χ2n) is 8.77. The van der Waals surface area contributed by atoms with Gasteiger partial charge >= 0.3 is 7.60 Å². The van der Waals surface area contributed by atoms with E-state index in [2.05, 4.69) is 0 Å². The summed E-state index contributed by atoms with van der Waals surface area (Å²) in [6.45, 7) is 12.3. The van der Waals surface area contributed by atoms with Gasteiger partial charge in [0.15, 0.2) is 10.2 Å². The fraction of sp³-hybridized carbons (Fsp3) is 0.842. The summed E-state index contributed by atoms with van der Waals surface area (Å²) in [7, 11) is -3.51. The smallest absolute Gasteiger partial charge is 0.308 e. The Morgan fingerprint density at radius 1 is 0.900 bits per heavy atom. The Kier molecular flexibility index (Phi) is 13.1. The summed E-state index contributed by atoms with van der Waals surface area (Å²) in [4.78, 5) is 35.0. The number of amides is 1. The van der Waals surface area contributed by atoms with Crippen LogP contribution in [0.5, 0.6) is 0 Å². The Morgan fingerprint density at radius 2 is 1.30 bits per heavy atom. The zero-order valence-corrected chi connectivity index (χ0v) is 21.6. The molecule has 0 spiro atoms. The predicted molar refractivity (Wildman–Crippen MR) is 122 cm³/mol. The Labute approximate surface area is 188 Å². The van der Waals surface area contributed by atoms with Crippen molar-refractivity contribution in [3.63, 3.8) is 0 Å². The molecule has 0 heterocycles. The van der Waals surface area contributed by atoms with E-state index in [9.17, 15) is 24.2 Å². The number of rotatable bonds is 12. The Bertz CT molecular complexity index is 591. The van der Waals surface area contributed by atoms with Crippen LogP contribution >= 0.6 is 31.1 Å². The van der Waals surface area contributed by atoms with E-state index in [1.807, 2.05) is 41.5 Å². The molecule has 0 unspecified atom stereocenters. The summed E-state index contributed by atoms with van der Waals surface area (Å²) in [5.41, 5.74) is -0.947. The molecule has 0 aliphatic carbocycles. The highest BCUT2D eigenvalue weighted by molar-refractivity contribution is 8.14. The van der Waals surface area contributed by atoms with Crippen LogP contribution in [0.4, 0.5) is 0 Å². The van der Waals surface area contributed by atoms with Gasteiger partial charge in [-0.1, -0.05) is 65.1 Å². The quantitative estimate of drug-likeness (QED) is 0.185. The topological polar surface area (TPSA) is 110 Å². The van der Waals surface area contributed by atoms with Gasteiger partial charge in [-0.15, -0.1) is 0 Å². The molecule has 0 saturated heterocycles. The highest BCUT2D eigenvalue weighted by Crippen LogP contribution is 2.49. The molecule has 0 saturated carbocycles. The van der Waals surface area contributed by atoms with Crippen LogP contribution in [0.3, 0.4) is 0 Å². The average Bonchev–Trinajstić information content (AvgIpc) is 2.60. The van der Waals surface area contributed by atoms with Crippen molar-refractivity contribution < 1.29 is 33.2 Å². The number of carbonyl (C=O) groups is 3. The van der Waals surface area contributed by atoms with Crippen LogP contribution in [-0.2, 0) is 28.0 Å². The number of carbonyl (C=O) groups excluding carboxylic acids is 3. The molecule has 176 valence electrons. The minimum Gasteiger partial charge on any atom is -0.308 e. The van der Waals surface area contributed by atoms with E-state index in [1.54, 1.807) is 0 Å². The van der Waals surface area contributed by atoms with Crippen molar-refractivity contribution in [2.45, 2.75) is 54.9 Å². The van der Waals surface area contributed by atoms with Gasteiger partial charge in [0.2, 0.25) is 5.91 Å². The molecular weight excluding hydrogens is 449 g/mol. The number of nitrogens with zero attached hydrogens (tertiary/aromatic N) is 1. The van der Waals surface area contributed by atoms with Crippen LogP contribution in [0, 0.1) is 10.8 Å². The van der Waals surface area contributed by atoms with E-state index < -0.39 is 24.3 Å². The SMILES string of the molecule is CC(=O)N(O)CCCP(=O)(OCCSC(=O)C(C)(C)C)OCCSC(=O)C(C)(C)C. The Hall–Kier alpha value is -0.380. The van der Waals surface area contributed by atoms with Crippen molar-refractivity contribution in [2.75, 3.05) is 37.4 Å². The summed E-state index contributed by atoms with van der Waals surface area (Å²) >= 11 is 2.22. The zero-order chi connectivity index (χ0) is 23.6. The Morgan fingerprint density at radius 3 is 1.63 bits per heavy atom. The van der Waals surface area contributed by atoms with E-state index in [0.717, 1.165) is 23.5 Å². The third-order valence-electron chi connectivity index (χ3n) is 3.60. The standard InChI is InChI=1S/C19H36NO7PS2/c1-15(21)20(24)9-8-12-28(25,26-10-13-29-16(22)18(2,3)4)27-11-14-30-17(23)19(5,6)7/h24H,8-14H2,1-7H3. The molecule has 0 aromatic heterocycles. The van der Waals surface area contributed by atoms with Crippen molar-refractivity contribution in [1.82, 2.24) is 5.06 Å². The van der Waals surface area contributed by atoms with Crippen LogP contribution in [0.2, 0.25) is 0 Å². The van der Waals surface area contributed by atoms with Crippen LogP contribution in [0.1, 0.15) is 54.9 Å². The minimum absolute atomic E-state index is 0.000559. The fourth-order valence-corrected chi connectivity index (χ4v) is 5.21. The number of hydroxylamine groups is 2. The van der Waals surface area contributed by atoms with Crippen LogP contribution < -0.4 is 0 Å². The summed E-state index contributed by atoms with van der Waals surface area (Å²) < 4.78 is 24.0. The summed E-state index contributed by atoms with van der Waals surface area (Å²) in [6, 6.07) is 0. The second kappa shape index (κ2) is 13.2. The molecule has 8 nitrogen and oxygen atoms in total. The normalized spacial score (nSPS) is 12.7. The number of thioether (sulfide) groups is 2. The van der Waals surface area contributed by atoms with Gasteiger partial charge in [0.1, 0.15) is 0 Å². The molecule has 11 heteroatoms. The van der Waals surface area contributed by atoms with Gasteiger partial charge in [-0.25, -0.2) is 5.06 Å². The zero-order valence-electron chi connectivity index (χ0n) is 19.1. The molecule has 30 heavy (non-hydrogen) atoms. The first-order chi connectivity index (χ1) is 13.6. The third kappa shape index (κ3) is 13.1. The van der Waals surface area contributed by atoms with Gasteiger partial charge in [0.25, 0.3) is 0 Å². The number of hydrogen-bond donors (Lipinski definition) is 1. The molecule has 0 aliphatic rings. The van der Waals surface area contributed by atoms with Gasteiger partial charge in [-0.3, -0.25) is 24.2 Å². The minimum atomic E-state index is -3.51. The molecule has 0 aliphatic heterocycles. The summed E-state index contributed by atoms with van der Waals surface area (Å²) in [6.07, 6.45) is 0.225. The largest absolute Gasteiger partial charge is 0.330 e. The Balaban J connectivity index is 4.67. The van der Waals surface area contributed by atoms with Crippen LogP contribution in [0.25, 0.3) is 0 Å². The first-order valence-electron chi connectivity index (χ1n) is 9.78. The van der Waals surface area contributed by atoms with E-state index in [4.69, 9.17) is 9.05 Å². The van der Waals surface area contributed by atoms with E-state index >= 15 is 0 Å². The molecule has 0 rings (SSSR count). The molecule has 0 radical (unpaired) electrons. The second-order valence-corrected chi connectivity index (χ2v) is 13.1.